The maximum Gasteiger partial charge on any atom is 0.408 e. The molecule has 0 unspecified atom stereocenters. The molecule has 0 aliphatic carbocycles. The molecular formula is C23H33FN4O3. The van der Waals surface area contributed by atoms with Gasteiger partial charge in [-0.2, -0.15) is 0 Å². The Bertz CT molecular complexity index is 942. The normalized spacial score (nSPS) is 17.7. The number of ether oxygens (including phenoxy) is 2. The number of carbonyl (C=O) groups is 1. The number of amides is 1. The van der Waals surface area contributed by atoms with Crippen LogP contribution in [0, 0.1) is 11.7 Å². The lowest BCUT2D eigenvalue weighted by Crippen LogP contribution is -2.51. The van der Waals surface area contributed by atoms with Gasteiger partial charge in [-0.15, -0.1) is 0 Å². The van der Waals surface area contributed by atoms with Crippen molar-refractivity contribution in [2.75, 3.05) is 26.7 Å². The van der Waals surface area contributed by atoms with Gasteiger partial charge in [0.25, 0.3) is 0 Å². The molecular weight excluding hydrogens is 399 g/mol. The van der Waals surface area contributed by atoms with Crippen LogP contribution in [0.4, 0.5) is 9.18 Å². The van der Waals surface area contributed by atoms with Crippen LogP contribution in [0.25, 0.3) is 11.0 Å². The number of hydrogen-bond acceptors (Lipinski definition) is 6. The molecule has 2 aromatic rings. The molecule has 170 valence electrons. The van der Waals surface area contributed by atoms with Crippen LogP contribution in [0.3, 0.4) is 0 Å². The van der Waals surface area contributed by atoms with Crippen LogP contribution in [0.5, 0.6) is 5.88 Å². The first-order chi connectivity index (χ1) is 14.5. The van der Waals surface area contributed by atoms with Gasteiger partial charge in [0.2, 0.25) is 5.88 Å². The summed E-state index contributed by atoms with van der Waals surface area (Å²) >= 11 is 0. The standard InChI is InChI=1S/C23H33FN4O3/c1-22(2,3)31-21(29)27-23(4,5)15-9-11-28(14-15)12-10-16-17(24)13-25-18-7-8-19(30-6)26-20(16)18/h7-8,13,15H,9-12,14H2,1-6H3,(H,27,29)/t15-/m1/s1. The van der Waals surface area contributed by atoms with Gasteiger partial charge in [-0.3, -0.25) is 4.98 Å². The Kier molecular flexibility index (Phi) is 6.69. The van der Waals surface area contributed by atoms with E-state index in [2.05, 4.69) is 20.2 Å². The summed E-state index contributed by atoms with van der Waals surface area (Å²) in [5.41, 5.74) is 0.816. The first-order valence-electron chi connectivity index (χ1n) is 10.7. The van der Waals surface area contributed by atoms with Gasteiger partial charge in [-0.25, -0.2) is 14.2 Å². The minimum atomic E-state index is -0.532. The monoisotopic (exact) mass is 432 g/mol. The van der Waals surface area contributed by atoms with Crippen LogP contribution in [0.1, 0.15) is 46.6 Å². The first-order valence-corrected chi connectivity index (χ1v) is 10.7. The molecule has 0 radical (unpaired) electrons. The number of alkyl carbamates (subject to hydrolysis) is 1. The molecule has 0 aromatic carbocycles. The highest BCUT2D eigenvalue weighted by molar-refractivity contribution is 5.78. The second-order valence-electron chi connectivity index (χ2n) is 9.69. The smallest absolute Gasteiger partial charge is 0.408 e. The number of carbonyl (C=O) groups excluding carboxylic acids is 1. The molecule has 1 fully saturated rings. The van der Waals surface area contributed by atoms with E-state index in [4.69, 9.17) is 9.47 Å². The maximum absolute atomic E-state index is 14.6. The first kappa shape index (κ1) is 23.2. The van der Waals surface area contributed by atoms with Crippen molar-refractivity contribution >= 4 is 17.1 Å². The molecule has 0 saturated carbocycles. The number of fused-ring (bicyclic) bond motifs is 1. The van der Waals surface area contributed by atoms with Crippen LogP contribution in [0.2, 0.25) is 0 Å². The highest BCUT2D eigenvalue weighted by Gasteiger charge is 2.37. The zero-order chi connectivity index (χ0) is 22.8. The number of rotatable bonds is 6. The summed E-state index contributed by atoms with van der Waals surface area (Å²) in [4.78, 5) is 23.1. The summed E-state index contributed by atoms with van der Waals surface area (Å²) in [5, 5.41) is 3.02. The minimum absolute atomic E-state index is 0.275. The van der Waals surface area contributed by atoms with E-state index in [9.17, 15) is 9.18 Å². The molecule has 8 heteroatoms. The van der Waals surface area contributed by atoms with Gasteiger partial charge < -0.3 is 19.7 Å². The van der Waals surface area contributed by atoms with Gasteiger partial charge in [0.05, 0.1) is 24.3 Å². The molecule has 0 bridgehead atoms. The lowest BCUT2D eigenvalue weighted by Gasteiger charge is -2.33. The van der Waals surface area contributed by atoms with Crippen LogP contribution in [-0.2, 0) is 11.2 Å². The van der Waals surface area contributed by atoms with Crippen molar-refractivity contribution in [2.45, 2.75) is 58.6 Å². The Morgan fingerprint density at radius 2 is 2.03 bits per heavy atom. The summed E-state index contributed by atoms with van der Waals surface area (Å²) < 4.78 is 25.2. The van der Waals surface area contributed by atoms with E-state index in [0.717, 1.165) is 19.5 Å². The Morgan fingerprint density at radius 1 is 1.29 bits per heavy atom. The van der Waals surface area contributed by atoms with E-state index in [0.29, 0.717) is 35.4 Å². The van der Waals surface area contributed by atoms with Crippen molar-refractivity contribution < 1.29 is 18.7 Å². The fourth-order valence-electron chi connectivity index (χ4n) is 3.99. The Labute approximate surface area is 183 Å². The molecule has 1 atom stereocenters. The topological polar surface area (TPSA) is 76.6 Å². The fraction of sp³-hybridized carbons (Fsp3) is 0.609. The van der Waals surface area contributed by atoms with Crippen molar-refractivity contribution in [1.29, 1.82) is 0 Å². The number of halogens is 1. The van der Waals surface area contributed by atoms with E-state index in [1.807, 2.05) is 34.6 Å². The second-order valence-corrected chi connectivity index (χ2v) is 9.69. The van der Waals surface area contributed by atoms with Crippen LogP contribution in [-0.4, -0.2) is 58.8 Å². The summed E-state index contributed by atoms with van der Waals surface area (Å²) in [6.45, 7) is 12.0. The molecule has 7 nitrogen and oxygen atoms in total. The van der Waals surface area contributed by atoms with E-state index in [1.165, 1.54) is 13.3 Å². The van der Waals surface area contributed by atoms with Gasteiger partial charge in [-0.05, 0) is 66.0 Å². The third-order valence-electron chi connectivity index (χ3n) is 5.74. The zero-order valence-corrected chi connectivity index (χ0v) is 19.3. The Morgan fingerprint density at radius 3 is 2.71 bits per heavy atom. The van der Waals surface area contributed by atoms with E-state index in [1.54, 1.807) is 12.1 Å². The molecule has 2 aromatic heterocycles. The molecule has 1 N–H and O–H groups in total. The summed E-state index contributed by atoms with van der Waals surface area (Å²) in [6, 6.07) is 3.52. The van der Waals surface area contributed by atoms with Crippen molar-refractivity contribution in [3.05, 3.63) is 29.7 Å². The van der Waals surface area contributed by atoms with Crippen molar-refractivity contribution in [3.63, 3.8) is 0 Å². The average molecular weight is 433 g/mol. The summed E-state index contributed by atoms with van der Waals surface area (Å²) in [5.74, 6) is 0.366. The minimum Gasteiger partial charge on any atom is -0.481 e. The fourth-order valence-corrected chi connectivity index (χ4v) is 3.99. The molecule has 1 saturated heterocycles. The number of nitrogens with one attached hydrogen (secondary N) is 1. The maximum atomic E-state index is 14.6. The number of aromatic nitrogens is 2. The van der Waals surface area contributed by atoms with Gasteiger partial charge >= 0.3 is 6.09 Å². The van der Waals surface area contributed by atoms with Gasteiger partial charge in [0.15, 0.2) is 0 Å². The Hall–Kier alpha value is -2.48. The van der Waals surface area contributed by atoms with Gasteiger partial charge in [-0.1, -0.05) is 0 Å². The SMILES string of the molecule is COc1ccc2ncc(F)c(CCN3CC[C@@H](C(C)(C)NC(=O)OC(C)(C)C)C3)c2n1. The number of nitrogens with zero attached hydrogens (tertiary/aromatic N) is 3. The lowest BCUT2D eigenvalue weighted by atomic mass is 9.87. The molecule has 3 rings (SSSR count). The third-order valence-corrected chi connectivity index (χ3v) is 5.74. The molecule has 1 aliphatic heterocycles. The van der Waals surface area contributed by atoms with Crippen LogP contribution in [0.15, 0.2) is 18.3 Å². The number of hydrogen-bond donors (Lipinski definition) is 1. The van der Waals surface area contributed by atoms with Gasteiger partial charge in [0.1, 0.15) is 11.4 Å². The van der Waals surface area contributed by atoms with Gasteiger partial charge in [0, 0.05) is 30.3 Å². The van der Waals surface area contributed by atoms with Crippen molar-refractivity contribution in [1.82, 2.24) is 20.2 Å². The largest absolute Gasteiger partial charge is 0.481 e. The van der Waals surface area contributed by atoms with E-state index in [-0.39, 0.29) is 11.7 Å². The van der Waals surface area contributed by atoms with E-state index >= 15 is 0 Å². The number of likely N-dealkylation sites (tertiary alicyclic amines) is 1. The van der Waals surface area contributed by atoms with Crippen LogP contribution >= 0.6 is 0 Å². The molecule has 3 heterocycles. The third kappa shape index (κ3) is 5.81. The van der Waals surface area contributed by atoms with Crippen LogP contribution < -0.4 is 10.1 Å². The predicted octanol–water partition coefficient (Wildman–Crippen LogP) is 3.95. The molecule has 1 aliphatic rings. The van der Waals surface area contributed by atoms with Crippen molar-refractivity contribution in [2.24, 2.45) is 5.92 Å². The predicted molar refractivity (Wildman–Crippen MR) is 118 cm³/mol. The van der Waals surface area contributed by atoms with Crippen molar-refractivity contribution in [3.8, 4) is 5.88 Å². The lowest BCUT2D eigenvalue weighted by molar-refractivity contribution is 0.0438. The zero-order valence-electron chi connectivity index (χ0n) is 19.3. The summed E-state index contributed by atoms with van der Waals surface area (Å²) in [6.07, 6.45) is 2.33. The second kappa shape index (κ2) is 8.94. The quantitative estimate of drug-likeness (QED) is 0.745. The highest BCUT2D eigenvalue weighted by atomic mass is 19.1. The molecule has 1 amide bonds. The number of pyridine rings is 2. The average Bonchev–Trinajstić information content (AvgIpc) is 3.15. The highest BCUT2D eigenvalue weighted by Crippen LogP contribution is 2.29. The summed E-state index contributed by atoms with van der Waals surface area (Å²) in [7, 11) is 1.54. The Balaban J connectivity index is 1.63. The molecule has 0 spiro atoms. The molecule has 31 heavy (non-hydrogen) atoms. The number of methoxy groups -OCH3 is 1. The van der Waals surface area contributed by atoms with E-state index < -0.39 is 17.2 Å².